The molecule has 1 unspecified atom stereocenters. The van der Waals surface area contributed by atoms with Crippen LogP contribution < -0.4 is 15.2 Å². The van der Waals surface area contributed by atoms with Gasteiger partial charge in [-0.3, -0.25) is 0 Å². The highest BCUT2D eigenvalue weighted by molar-refractivity contribution is 6.31. The minimum absolute atomic E-state index is 0.00407. The number of benzene rings is 3. The molecule has 0 bridgehead atoms. The SMILES string of the molecule is N#CC1=C(N)Oc2cc(OC(=O)c3ccccc3F)ccc2C1c1c(F)cccc1Cl. The number of halogens is 3. The summed E-state index contributed by atoms with van der Waals surface area (Å²) >= 11 is 6.22. The molecule has 0 aliphatic carbocycles. The van der Waals surface area contributed by atoms with E-state index in [4.69, 9.17) is 26.8 Å². The number of carbonyl (C=O) groups excluding carboxylic acids is 1. The maximum atomic E-state index is 14.6. The Balaban J connectivity index is 1.75. The lowest BCUT2D eigenvalue weighted by atomic mass is 9.83. The molecule has 0 fully saturated rings. The van der Waals surface area contributed by atoms with E-state index >= 15 is 0 Å². The first kappa shape index (κ1) is 20.4. The van der Waals surface area contributed by atoms with Crippen LogP contribution in [-0.4, -0.2) is 5.97 Å². The Labute approximate surface area is 180 Å². The van der Waals surface area contributed by atoms with E-state index in [9.17, 15) is 18.8 Å². The lowest BCUT2D eigenvalue weighted by Crippen LogP contribution is -2.22. The van der Waals surface area contributed by atoms with Gasteiger partial charge in [0, 0.05) is 22.2 Å². The number of ether oxygens (including phenoxy) is 2. The predicted octanol–water partition coefficient (Wildman–Crippen LogP) is 5.06. The summed E-state index contributed by atoms with van der Waals surface area (Å²) in [5.41, 5.74) is 6.15. The Kier molecular flexibility index (Phi) is 5.32. The van der Waals surface area contributed by atoms with Gasteiger partial charge in [-0.15, -0.1) is 0 Å². The third-order valence-corrected chi connectivity index (χ3v) is 5.11. The second-order valence-electron chi connectivity index (χ2n) is 6.63. The van der Waals surface area contributed by atoms with E-state index in [-0.39, 0.29) is 39.1 Å². The van der Waals surface area contributed by atoms with Crippen LogP contribution in [-0.2, 0) is 0 Å². The Bertz CT molecular complexity index is 1260. The highest BCUT2D eigenvalue weighted by Gasteiger charge is 2.34. The zero-order valence-electron chi connectivity index (χ0n) is 15.7. The minimum atomic E-state index is -0.918. The monoisotopic (exact) mass is 438 g/mol. The van der Waals surface area contributed by atoms with Crippen LogP contribution in [0.4, 0.5) is 8.78 Å². The lowest BCUT2D eigenvalue weighted by Gasteiger charge is -2.27. The van der Waals surface area contributed by atoms with E-state index in [0.717, 1.165) is 6.07 Å². The van der Waals surface area contributed by atoms with Crippen LogP contribution >= 0.6 is 11.6 Å². The maximum Gasteiger partial charge on any atom is 0.346 e. The number of nitriles is 1. The molecular formula is C23H13ClF2N2O3. The van der Waals surface area contributed by atoms with Gasteiger partial charge in [0.25, 0.3) is 0 Å². The third kappa shape index (κ3) is 3.69. The van der Waals surface area contributed by atoms with Crippen LogP contribution in [0.15, 0.2) is 72.1 Å². The summed E-state index contributed by atoms with van der Waals surface area (Å²) in [6.07, 6.45) is 0. The number of fused-ring (bicyclic) bond motifs is 1. The van der Waals surface area contributed by atoms with Crippen LogP contribution in [0.1, 0.15) is 27.4 Å². The molecule has 8 heteroatoms. The maximum absolute atomic E-state index is 14.6. The molecule has 1 heterocycles. The van der Waals surface area contributed by atoms with Gasteiger partial charge < -0.3 is 15.2 Å². The summed E-state index contributed by atoms with van der Waals surface area (Å²) in [6.45, 7) is 0. The molecular weight excluding hydrogens is 426 g/mol. The van der Waals surface area contributed by atoms with Gasteiger partial charge in [-0.05, 0) is 30.3 Å². The summed E-state index contributed by atoms with van der Waals surface area (Å²) in [4.78, 5) is 12.3. The Morgan fingerprint density at radius 3 is 2.55 bits per heavy atom. The molecule has 3 aromatic rings. The predicted molar refractivity (Wildman–Crippen MR) is 109 cm³/mol. The quantitative estimate of drug-likeness (QED) is 0.456. The van der Waals surface area contributed by atoms with Gasteiger partial charge in [0.05, 0.1) is 11.5 Å². The van der Waals surface area contributed by atoms with Gasteiger partial charge in [0.15, 0.2) is 0 Å². The van der Waals surface area contributed by atoms with Crippen molar-refractivity contribution >= 4 is 17.6 Å². The van der Waals surface area contributed by atoms with Crippen molar-refractivity contribution in [3.8, 4) is 17.6 Å². The second kappa shape index (κ2) is 8.09. The number of esters is 1. The van der Waals surface area contributed by atoms with Crippen molar-refractivity contribution in [1.82, 2.24) is 0 Å². The van der Waals surface area contributed by atoms with Crippen LogP contribution in [0.2, 0.25) is 5.02 Å². The van der Waals surface area contributed by atoms with Crippen molar-refractivity contribution in [2.24, 2.45) is 5.73 Å². The smallest absolute Gasteiger partial charge is 0.346 e. The topological polar surface area (TPSA) is 85.3 Å². The molecule has 0 aromatic heterocycles. The molecule has 1 atom stereocenters. The second-order valence-corrected chi connectivity index (χ2v) is 7.04. The standard InChI is InChI=1S/C23H13ClF2N2O3/c24-16-5-3-7-18(26)21(16)20-14-9-8-12(10-19(14)31-22(28)15(20)11-27)30-23(29)13-4-1-2-6-17(13)25/h1-10,20H,28H2. The summed E-state index contributed by atoms with van der Waals surface area (Å²) in [5, 5.41) is 9.71. The van der Waals surface area contributed by atoms with Gasteiger partial charge in [0.2, 0.25) is 5.88 Å². The summed E-state index contributed by atoms with van der Waals surface area (Å²) < 4.78 is 39.2. The highest BCUT2D eigenvalue weighted by atomic mass is 35.5. The van der Waals surface area contributed by atoms with E-state index in [1.54, 1.807) is 0 Å². The van der Waals surface area contributed by atoms with Crippen molar-refractivity contribution in [2.45, 2.75) is 5.92 Å². The Morgan fingerprint density at radius 1 is 1.10 bits per heavy atom. The van der Waals surface area contributed by atoms with E-state index < -0.39 is 23.5 Å². The summed E-state index contributed by atoms with van der Waals surface area (Å²) in [5.74, 6) is -3.17. The summed E-state index contributed by atoms with van der Waals surface area (Å²) in [7, 11) is 0. The Morgan fingerprint density at radius 2 is 1.84 bits per heavy atom. The first-order valence-electron chi connectivity index (χ1n) is 9.03. The van der Waals surface area contributed by atoms with Crippen LogP contribution in [0.3, 0.4) is 0 Å². The van der Waals surface area contributed by atoms with Gasteiger partial charge in [-0.2, -0.15) is 5.26 Å². The molecule has 154 valence electrons. The lowest BCUT2D eigenvalue weighted by molar-refractivity contribution is 0.0729. The molecule has 0 spiro atoms. The number of hydrogen-bond donors (Lipinski definition) is 1. The fourth-order valence-electron chi connectivity index (χ4n) is 3.37. The minimum Gasteiger partial charge on any atom is -0.440 e. The van der Waals surface area contributed by atoms with Crippen molar-refractivity contribution in [3.63, 3.8) is 0 Å². The molecule has 1 aliphatic rings. The first-order chi connectivity index (χ1) is 14.9. The van der Waals surface area contributed by atoms with Crippen LogP contribution in [0, 0.1) is 23.0 Å². The van der Waals surface area contributed by atoms with Crippen LogP contribution in [0.25, 0.3) is 0 Å². The highest BCUT2D eigenvalue weighted by Crippen LogP contribution is 2.46. The van der Waals surface area contributed by atoms with E-state index in [1.807, 2.05) is 6.07 Å². The van der Waals surface area contributed by atoms with Gasteiger partial charge in [-0.25, -0.2) is 13.6 Å². The molecule has 3 aromatic carbocycles. The number of allylic oxidation sites excluding steroid dienone is 1. The normalized spacial score (nSPS) is 15.0. The van der Waals surface area contributed by atoms with Crippen molar-refractivity contribution in [2.75, 3.05) is 0 Å². The number of rotatable bonds is 3. The van der Waals surface area contributed by atoms with Crippen molar-refractivity contribution in [1.29, 1.82) is 5.26 Å². The summed E-state index contributed by atoms with van der Waals surface area (Å²) in [6, 6.07) is 15.8. The fraction of sp³-hybridized carbons (Fsp3) is 0.0435. The van der Waals surface area contributed by atoms with Crippen molar-refractivity contribution < 1.29 is 23.0 Å². The number of nitrogens with two attached hydrogens (primary N) is 1. The third-order valence-electron chi connectivity index (χ3n) is 4.78. The molecule has 5 nitrogen and oxygen atoms in total. The molecule has 2 N–H and O–H groups in total. The molecule has 1 aliphatic heterocycles. The zero-order chi connectivity index (χ0) is 22.1. The number of nitrogens with zero attached hydrogens (tertiary/aromatic N) is 1. The average Bonchev–Trinajstić information content (AvgIpc) is 2.73. The van der Waals surface area contributed by atoms with E-state index in [2.05, 4.69) is 0 Å². The molecule has 0 saturated heterocycles. The molecule has 31 heavy (non-hydrogen) atoms. The fourth-order valence-corrected chi connectivity index (χ4v) is 3.64. The van der Waals surface area contributed by atoms with E-state index in [1.165, 1.54) is 54.6 Å². The zero-order valence-corrected chi connectivity index (χ0v) is 16.5. The number of hydrogen-bond acceptors (Lipinski definition) is 5. The van der Waals surface area contributed by atoms with Gasteiger partial charge in [-0.1, -0.05) is 35.9 Å². The Hall–Kier alpha value is -3.89. The van der Waals surface area contributed by atoms with Crippen LogP contribution in [0.5, 0.6) is 11.5 Å². The molecule has 4 rings (SSSR count). The molecule has 0 saturated carbocycles. The molecule has 0 radical (unpaired) electrons. The van der Waals surface area contributed by atoms with Crippen molar-refractivity contribution in [3.05, 3.63) is 105 Å². The molecule has 0 amide bonds. The number of carbonyl (C=O) groups is 1. The van der Waals surface area contributed by atoms with Gasteiger partial charge in [0.1, 0.15) is 34.8 Å². The van der Waals surface area contributed by atoms with Gasteiger partial charge >= 0.3 is 5.97 Å². The average molecular weight is 439 g/mol. The van der Waals surface area contributed by atoms with E-state index in [0.29, 0.717) is 5.56 Å². The first-order valence-corrected chi connectivity index (χ1v) is 9.40. The largest absolute Gasteiger partial charge is 0.440 e.